The predicted molar refractivity (Wildman–Crippen MR) is 147 cm³/mol. The number of nitrogens with one attached hydrogen (secondary N) is 1. The molecule has 3 aromatic rings. The van der Waals surface area contributed by atoms with Gasteiger partial charge >= 0.3 is 0 Å². The summed E-state index contributed by atoms with van der Waals surface area (Å²) in [6.45, 7) is 6.85. The summed E-state index contributed by atoms with van der Waals surface area (Å²) in [7, 11) is -4.10. The third-order valence-electron chi connectivity index (χ3n) is 5.59. The van der Waals surface area contributed by atoms with Gasteiger partial charge in [0.2, 0.25) is 11.8 Å². The van der Waals surface area contributed by atoms with Crippen molar-refractivity contribution in [3.63, 3.8) is 0 Å². The zero-order chi connectivity index (χ0) is 27.2. The molecule has 0 aliphatic heterocycles. The van der Waals surface area contributed by atoms with Gasteiger partial charge in [-0.25, -0.2) is 8.42 Å². The fourth-order valence-corrected chi connectivity index (χ4v) is 5.25. The molecular weight excluding hydrogens is 510 g/mol. The van der Waals surface area contributed by atoms with Crippen molar-refractivity contribution >= 4 is 39.1 Å². The van der Waals surface area contributed by atoms with E-state index in [9.17, 15) is 18.0 Å². The van der Waals surface area contributed by atoms with Crippen LogP contribution in [0.15, 0.2) is 89.8 Å². The Balaban J connectivity index is 2.00. The molecule has 1 N–H and O–H groups in total. The summed E-state index contributed by atoms with van der Waals surface area (Å²) < 4.78 is 28.4. The van der Waals surface area contributed by atoms with Gasteiger partial charge in [-0.15, -0.1) is 0 Å². The van der Waals surface area contributed by atoms with Gasteiger partial charge in [0.1, 0.15) is 12.6 Å². The second-order valence-electron chi connectivity index (χ2n) is 9.72. The maximum atomic E-state index is 13.8. The van der Waals surface area contributed by atoms with Crippen molar-refractivity contribution in [3.05, 3.63) is 95.5 Å². The van der Waals surface area contributed by atoms with Crippen LogP contribution in [0, 0.1) is 0 Å². The lowest BCUT2D eigenvalue weighted by Gasteiger charge is -2.33. The minimum Gasteiger partial charge on any atom is -0.350 e. The fourth-order valence-electron chi connectivity index (χ4n) is 3.69. The number of nitrogens with zero attached hydrogens (tertiary/aromatic N) is 2. The van der Waals surface area contributed by atoms with Gasteiger partial charge in [0.05, 0.1) is 10.6 Å². The Kier molecular flexibility index (Phi) is 8.99. The maximum Gasteiger partial charge on any atom is 0.264 e. The topological polar surface area (TPSA) is 86.8 Å². The van der Waals surface area contributed by atoms with Crippen LogP contribution >= 0.6 is 11.6 Å². The zero-order valence-electron chi connectivity index (χ0n) is 21.4. The number of halogens is 1. The van der Waals surface area contributed by atoms with E-state index in [1.807, 2.05) is 51.1 Å². The number of rotatable bonds is 9. The number of amides is 2. The molecule has 0 fully saturated rings. The molecule has 0 heterocycles. The molecule has 2 amide bonds. The molecule has 0 aliphatic carbocycles. The highest BCUT2D eigenvalue weighted by atomic mass is 35.5. The third-order valence-corrected chi connectivity index (χ3v) is 7.63. The lowest BCUT2D eigenvalue weighted by molar-refractivity contribution is -0.140. The first kappa shape index (κ1) is 28.2. The van der Waals surface area contributed by atoms with E-state index in [2.05, 4.69) is 5.32 Å². The Labute approximate surface area is 224 Å². The molecule has 0 aliphatic rings. The van der Waals surface area contributed by atoms with Gasteiger partial charge in [0.15, 0.2) is 0 Å². The van der Waals surface area contributed by atoms with Gasteiger partial charge in [0.25, 0.3) is 10.0 Å². The van der Waals surface area contributed by atoms with E-state index in [1.165, 1.54) is 17.0 Å². The summed E-state index contributed by atoms with van der Waals surface area (Å²) in [5, 5.41) is 3.34. The molecule has 0 spiro atoms. The van der Waals surface area contributed by atoms with Crippen LogP contribution in [-0.4, -0.2) is 43.3 Å². The van der Waals surface area contributed by atoms with Gasteiger partial charge in [-0.1, -0.05) is 60.1 Å². The summed E-state index contributed by atoms with van der Waals surface area (Å²) in [5.41, 5.74) is 0.599. The van der Waals surface area contributed by atoms with E-state index < -0.39 is 34.1 Å². The van der Waals surface area contributed by atoms with Crippen molar-refractivity contribution in [1.29, 1.82) is 0 Å². The van der Waals surface area contributed by atoms with Crippen LogP contribution in [0.1, 0.15) is 33.3 Å². The normalized spacial score (nSPS) is 12.5. The molecule has 37 heavy (non-hydrogen) atoms. The van der Waals surface area contributed by atoms with Crippen molar-refractivity contribution < 1.29 is 18.0 Å². The predicted octanol–water partition coefficient (Wildman–Crippen LogP) is 4.87. The summed E-state index contributed by atoms with van der Waals surface area (Å²) >= 11 is 6.04. The summed E-state index contributed by atoms with van der Waals surface area (Å²) in [5.74, 6) is -0.851. The standard InChI is InChI=1S/C28H32ClN3O4S/c1-21(27(34)30-28(2,3)4)31(19-22-11-7-5-8-12-22)26(33)20-32(24-17-15-23(29)16-18-24)37(35,36)25-13-9-6-10-14-25/h5-18,21H,19-20H2,1-4H3,(H,30,34). The molecule has 0 radical (unpaired) electrons. The van der Waals surface area contributed by atoms with Crippen LogP contribution in [0.25, 0.3) is 0 Å². The van der Waals surface area contributed by atoms with Crippen molar-refractivity contribution in [2.45, 2.75) is 50.7 Å². The van der Waals surface area contributed by atoms with Crippen molar-refractivity contribution in [2.75, 3.05) is 10.8 Å². The molecule has 1 unspecified atom stereocenters. The van der Waals surface area contributed by atoms with Crippen LogP contribution in [0.5, 0.6) is 0 Å². The maximum absolute atomic E-state index is 13.8. The number of carbonyl (C=O) groups excluding carboxylic acids is 2. The number of benzene rings is 3. The average Bonchev–Trinajstić information content (AvgIpc) is 2.86. The summed E-state index contributed by atoms with van der Waals surface area (Å²) in [4.78, 5) is 28.3. The Morgan fingerprint density at radius 2 is 1.43 bits per heavy atom. The second kappa shape index (κ2) is 11.8. The van der Waals surface area contributed by atoms with Crippen LogP contribution < -0.4 is 9.62 Å². The monoisotopic (exact) mass is 541 g/mol. The first-order valence-electron chi connectivity index (χ1n) is 11.9. The van der Waals surface area contributed by atoms with E-state index in [0.29, 0.717) is 5.02 Å². The quantitative estimate of drug-likeness (QED) is 0.419. The molecule has 9 heteroatoms. The van der Waals surface area contributed by atoms with E-state index in [4.69, 9.17) is 11.6 Å². The summed E-state index contributed by atoms with van der Waals surface area (Å²) in [6, 6.07) is 22.5. The van der Waals surface area contributed by atoms with E-state index >= 15 is 0 Å². The SMILES string of the molecule is CC(C(=O)NC(C)(C)C)N(Cc1ccccc1)C(=O)CN(c1ccc(Cl)cc1)S(=O)(=O)c1ccccc1. The van der Waals surface area contributed by atoms with Crippen molar-refractivity contribution in [3.8, 4) is 0 Å². The first-order chi connectivity index (χ1) is 17.4. The minimum atomic E-state index is -4.10. The lowest BCUT2D eigenvalue weighted by Crippen LogP contribution is -2.54. The average molecular weight is 542 g/mol. The zero-order valence-corrected chi connectivity index (χ0v) is 23.0. The molecule has 0 aromatic heterocycles. The largest absolute Gasteiger partial charge is 0.350 e. The highest BCUT2D eigenvalue weighted by Crippen LogP contribution is 2.26. The third kappa shape index (κ3) is 7.57. The Morgan fingerprint density at radius 3 is 1.97 bits per heavy atom. The molecule has 0 saturated heterocycles. The van der Waals surface area contributed by atoms with Crippen LogP contribution in [0.2, 0.25) is 5.02 Å². The van der Waals surface area contributed by atoms with Crippen molar-refractivity contribution in [2.24, 2.45) is 0 Å². The van der Waals surface area contributed by atoms with Crippen molar-refractivity contribution in [1.82, 2.24) is 10.2 Å². The van der Waals surface area contributed by atoms with Gasteiger partial charge < -0.3 is 10.2 Å². The number of hydrogen-bond donors (Lipinski definition) is 1. The first-order valence-corrected chi connectivity index (χ1v) is 13.7. The van der Waals surface area contributed by atoms with E-state index in [0.717, 1.165) is 9.87 Å². The Hall–Kier alpha value is -3.36. The number of anilines is 1. The van der Waals surface area contributed by atoms with Crippen LogP contribution in [0.4, 0.5) is 5.69 Å². The van der Waals surface area contributed by atoms with Crippen LogP contribution in [0.3, 0.4) is 0 Å². The van der Waals surface area contributed by atoms with Crippen LogP contribution in [-0.2, 0) is 26.2 Å². The smallest absolute Gasteiger partial charge is 0.264 e. The van der Waals surface area contributed by atoms with Gasteiger partial charge in [-0.3, -0.25) is 13.9 Å². The molecule has 0 bridgehead atoms. The molecule has 7 nitrogen and oxygen atoms in total. The molecule has 3 aromatic carbocycles. The molecule has 196 valence electrons. The molecular formula is C28H32ClN3O4S. The minimum absolute atomic E-state index is 0.0471. The highest BCUT2D eigenvalue weighted by molar-refractivity contribution is 7.92. The number of hydrogen-bond acceptors (Lipinski definition) is 4. The van der Waals surface area contributed by atoms with E-state index in [-0.39, 0.29) is 23.0 Å². The Bertz CT molecular complexity index is 1310. The second-order valence-corrected chi connectivity index (χ2v) is 12.0. The number of carbonyl (C=O) groups is 2. The Morgan fingerprint density at radius 1 is 0.892 bits per heavy atom. The fraction of sp³-hybridized carbons (Fsp3) is 0.286. The van der Waals surface area contributed by atoms with E-state index in [1.54, 1.807) is 49.4 Å². The van der Waals surface area contributed by atoms with Gasteiger partial charge in [-0.05, 0) is 69.7 Å². The van der Waals surface area contributed by atoms with Gasteiger partial charge in [-0.2, -0.15) is 0 Å². The lowest BCUT2D eigenvalue weighted by atomic mass is 10.1. The number of sulfonamides is 1. The molecule has 1 atom stereocenters. The molecule has 0 saturated carbocycles. The highest BCUT2D eigenvalue weighted by Gasteiger charge is 2.33. The van der Waals surface area contributed by atoms with Gasteiger partial charge in [0, 0.05) is 17.1 Å². The molecule has 3 rings (SSSR count). The summed E-state index contributed by atoms with van der Waals surface area (Å²) in [6.07, 6.45) is 0.